The predicted molar refractivity (Wildman–Crippen MR) is 77.6 cm³/mol. The summed E-state index contributed by atoms with van der Waals surface area (Å²) in [7, 11) is -3.71. The third kappa shape index (κ3) is 6.92. The molecule has 1 aromatic rings. The smallest absolute Gasteiger partial charge is 0.307 e. The summed E-state index contributed by atoms with van der Waals surface area (Å²) in [5, 5.41) is 20.3. The summed E-state index contributed by atoms with van der Waals surface area (Å²) in [6, 6.07) is 8.77. The lowest BCUT2D eigenvalue weighted by Crippen LogP contribution is -2.21. The van der Waals surface area contributed by atoms with Gasteiger partial charge in [-0.15, -0.1) is 0 Å². The van der Waals surface area contributed by atoms with Gasteiger partial charge in [-0.1, -0.05) is 18.2 Å². The first-order valence-corrected chi connectivity index (χ1v) is 8.37. The van der Waals surface area contributed by atoms with Crippen LogP contribution < -0.4 is 5.32 Å². The van der Waals surface area contributed by atoms with Gasteiger partial charge >= 0.3 is 11.9 Å². The second-order valence-electron chi connectivity index (χ2n) is 4.70. The van der Waals surface area contributed by atoms with Gasteiger partial charge in [0.05, 0.1) is 12.2 Å². The fourth-order valence-corrected chi connectivity index (χ4v) is 3.36. The lowest BCUT2D eigenvalue weighted by atomic mass is 10.1. The summed E-state index contributed by atoms with van der Waals surface area (Å²) in [6.07, 6.45) is -1.22. The molecule has 0 aromatic heterocycles. The van der Waals surface area contributed by atoms with Crippen molar-refractivity contribution in [2.24, 2.45) is 5.92 Å². The van der Waals surface area contributed by atoms with Crippen LogP contribution in [0.4, 0.5) is 5.69 Å². The molecule has 1 rings (SSSR count). The van der Waals surface area contributed by atoms with Crippen LogP contribution >= 0.6 is 7.37 Å². The van der Waals surface area contributed by atoms with Crippen molar-refractivity contribution in [3.8, 4) is 0 Å². The number of carboxylic acid groups (broad SMARTS) is 2. The van der Waals surface area contributed by atoms with E-state index in [0.717, 1.165) is 0 Å². The average molecular weight is 315 g/mol. The first-order chi connectivity index (χ1) is 9.80. The van der Waals surface area contributed by atoms with Gasteiger partial charge in [-0.25, -0.2) is 0 Å². The monoisotopic (exact) mass is 315 g/mol. The highest BCUT2D eigenvalue weighted by atomic mass is 31.2. The van der Waals surface area contributed by atoms with E-state index in [-0.39, 0.29) is 19.1 Å². The maximum absolute atomic E-state index is 12.0. The molecule has 0 saturated heterocycles. The predicted octanol–water partition coefficient (Wildman–Crippen LogP) is 1.89. The summed E-state index contributed by atoms with van der Waals surface area (Å²) in [5.74, 6) is -3.53. The van der Waals surface area contributed by atoms with Crippen molar-refractivity contribution < 1.29 is 29.3 Å². The van der Waals surface area contributed by atoms with E-state index in [1.54, 1.807) is 30.3 Å². The molecule has 0 spiro atoms. The number of para-hydroxylation sites is 1. The minimum Gasteiger partial charge on any atom is -0.481 e. The Morgan fingerprint density at radius 3 is 2.33 bits per heavy atom. The number of nitrogens with one attached hydrogen (secondary N) is 1. The quantitative estimate of drug-likeness (QED) is 0.513. The number of anilines is 1. The summed E-state index contributed by atoms with van der Waals surface area (Å²) in [5.41, 5.74) is 0.657. The van der Waals surface area contributed by atoms with Gasteiger partial charge in [-0.2, -0.15) is 0 Å². The standard InChI is InChI=1S/C13H18NO6P/c15-12(16)7-6-10(13(17)18)8-21(19,20)9-14-11-4-2-1-3-5-11/h1-5,10,14H,6-9H2,(H,15,16)(H,17,18)(H,19,20)/t10-/m0/s1. The Balaban J connectivity index is 2.57. The van der Waals surface area contributed by atoms with Gasteiger partial charge in [-0.3, -0.25) is 14.2 Å². The molecule has 0 aliphatic heterocycles. The Morgan fingerprint density at radius 2 is 1.81 bits per heavy atom. The third-order valence-corrected chi connectivity index (χ3v) is 4.53. The highest BCUT2D eigenvalue weighted by Gasteiger charge is 2.29. The van der Waals surface area contributed by atoms with Crippen LogP contribution in [0.3, 0.4) is 0 Å². The fraction of sp³-hybridized carbons (Fsp3) is 0.385. The van der Waals surface area contributed by atoms with E-state index in [9.17, 15) is 19.0 Å². The summed E-state index contributed by atoms with van der Waals surface area (Å²) >= 11 is 0. The van der Waals surface area contributed by atoms with E-state index in [2.05, 4.69) is 5.32 Å². The molecule has 8 heteroatoms. The number of carboxylic acids is 2. The number of aliphatic carboxylic acids is 2. The normalized spacial score (nSPS) is 14.9. The second-order valence-corrected chi connectivity index (χ2v) is 7.07. The molecule has 0 fully saturated rings. The van der Waals surface area contributed by atoms with Crippen LogP contribution in [0.5, 0.6) is 0 Å². The molecule has 0 aliphatic carbocycles. The zero-order valence-electron chi connectivity index (χ0n) is 11.3. The third-order valence-electron chi connectivity index (χ3n) is 2.87. The molecule has 0 amide bonds. The number of hydrogen-bond donors (Lipinski definition) is 4. The van der Waals surface area contributed by atoms with Crippen LogP contribution in [0.2, 0.25) is 0 Å². The highest BCUT2D eigenvalue weighted by molar-refractivity contribution is 7.58. The highest BCUT2D eigenvalue weighted by Crippen LogP contribution is 2.43. The minimum atomic E-state index is -3.71. The first kappa shape index (κ1) is 17.2. The van der Waals surface area contributed by atoms with Crippen molar-refractivity contribution in [1.82, 2.24) is 0 Å². The van der Waals surface area contributed by atoms with Crippen LogP contribution in [0, 0.1) is 5.92 Å². The van der Waals surface area contributed by atoms with Gasteiger partial charge in [0.25, 0.3) is 0 Å². The molecular weight excluding hydrogens is 297 g/mol. The Morgan fingerprint density at radius 1 is 1.19 bits per heavy atom. The molecule has 116 valence electrons. The first-order valence-electron chi connectivity index (χ1n) is 6.34. The summed E-state index contributed by atoms with van der Waals surface area (Å²) in [6.45, 7) is 0. The van der Waals surface area contributed by atoms with Crippen LogP contribution in [0.1, 0.15) is 12.8 Å². The number of benzene rings is 1. The van der Waals surface area contributed by atoms with E-state index in [0.29, 0.717) is 5.69 Å². The molecule has 4 N–H and O–H groups in total. The van der Waals surface area contributed by atoms with Crippen LogP contribution in [-0.2, 0) is 14.2 Å². The second kappa shape index (κ2) is 7.81. The van der Waals surface area contributed by atoms with Crippen LogP contribution in [-0.4, -0.2) is 39.5 Å². The van der Waals surface area contributed by atoms with E-state index in [1.807, 2.05) is 0 Å². The zero-order chi connectivity index (χ0) is 15.9. The fourth-order valence-electron chi connectivity index (χ4n) is 1.77. The Bertz CT molecular complexity index is 533. The summed E-state index contributed by atoms with van der Waals surface area (Å²) in [4.78, 5) is 31.3. The minimum absolute atomic E-state index is 0.166. The van der Waals surface area contributed by atoms with Gasteiger partial charge in [0.1, 0.15) is 0 Å². The molecule has 0 heterocycles. The van der Waals surface area contributed by atoms with Gasteiger partial charge < -0.3 is 20.4 Å². The molecule has 7 nitrogen and oxygen atoms in total. The Kier molecular flexibility index (Phi) is 6.39. The lowest BCUT2D eigenvalue weighted by molar-refractivity contribution is -0.142. The van der Waals surface area contributed by atoms with Crippen molar-refractivity contribution in [2.45, 2.75) is 12.8 Å². The molecule has 0 aliphatic rings. The average Bonchev–Trinajstić information content (AvgIpc) is 2.42. The van der Waals surface area contributed by atoms with E-state index in [1.165, 1.54) is 0 Å². The van der Waals surface area contributed by atoms with Crippen molar-refractivity contribution >= 4 is 25.0 Å². The topological polar surface area (TPSA) is 124 Å². The number of rotatable bonds is 9. The van der Waals surface area contributed by atoms with Crippen molar-refractivity contribution in [1.29, 1.82) is 0 Å². The SMILES string of the molecule is O=C(O)CC[C@@H](CP(=O)(O)CNc1ccccc1)C(=O)O. The van der Waals surface area contributed by atoms with Gasteiger partial charge in [0, 0.05) is 18.3 Å². The van der Waals surface area contributed by atoms with Crippen molar-refractivity contribution in [3.63, 3.8) is 0 Å². The lowest BCUT2D eigenvalue weighted by Gasteiger charge is -2.17. The molecule has 2 atom stereocenters. The van der Waals surface area contributed by atoms with Crippen molar-refractivity contribution in [2.75, 3.05) is 17.8 Å². The molecule has 0 saturated carbocycles. The maximum atomic E-state index is 12.0. The van der Waals surface area contributed by atoms with Gasteiger partial charge in [-0.05, 0) is 18.6 Å². The molecule has 21 heavy (non-hydrogen) atoms. The van der Waals surface area contributed by atoms with E-state index >= 15 is 0 Å². The van der Waals surface area contributed by atoms with Gasteiger partial charge in [0.2, 0.25) is 7.37 Å². The Labute approximate surface area is 122 Å². The number of hydrogen-bond acceptors (Lipinski definition) is 4. The van der Waals surface area contributed by atoms with E-state index in [4.69, 9.17) is 10.2 Å². The molecular formula is C13H18NO6P. The van der Waals surface area contributed by atoms with Crippen LogP contribution in [0.15, 0.2) is 30.3 Å². The van der Waals surface area contributed by atoms with Crippen molar-refractivity contribution in [3.05, 3.63) is 30.3 Å². The van der Waals surface area contributed by atoms with Crippen LogP contribution in [0.25, 0.3) is 0 Å². The number of carbonyl (C=O) groups is 2. The van der Waals surface area contributed by atoms with E-state index < -0.39 is 31.4 Å². The zero-order valence-corrected chi connectivity index (χ0v) is 12.2. The Hall–Kier alpha value is -1.85. The molecule has 0 radical (unpaired) electrons. The van der Waals surface area contributed by atoms with Gasteiger partial charge in [0.15, 0.2) is 0 Å². The largest absolute Gasteiger partial charge is 0.481 e. The summed E-state index contributed by atoms with van der Waals surface area (Å²) < 4.78 is 12.0. The molecule has 1 aromatic carbocycles. The maximum Gasteiger partial charge on any atom is 0.307 e. The molecule has 1 unspecified atom stereocenters. The molecule has 0 bridgehead atoms.